The Morgan fingerprint density at radius 2 is 1.69 bits per heavy atom. The molecule has 2 aromatic rings. The minimum Gasteiger partial charge on any atom is -0.508 e. The van der Waals surface area contributed by atoms with E-state index in [1.807, 2.05) is 0 Å². The first-order valence-electron chi connectivity index (χ1n) is 10.2. The third-order valence-electron chi connectivity index (χ3n) is 7.05. The van der Waals surface area contributed by atoms with Gasteiger partial charge in [-0.25, -0.2) is 4.79 Å². The molecule has 4 fully saturated rings. The number of ether oxygens (including phenoxy) is 1. The van der Waals surface area contributed by atoms with Crippen molar-refractivity contribution in [3.8, 4) is 11.5 Å². The van der Waals surface area contributed by atoms with E-state index in [-0.39, 0.29) is 23.5 Å². The molecule has 0 radical (unpaired) electrons. The minimum atomic E-state index is -0.587. The van der Waals surface area contributed by atoms with Crippen LogP contribution in [-0.4, -0.2) is 16.2 Å². The predicted octanol–water partition coefficient (Wildman–Crippen LogP) is 3.88. The molecule has 0 aliphatic heterocycles. The van der Waals surface area contributed by atoms with Crippen molar-refractivity contribution < 1.29 is 24.2 Å². The number of aromatic hydroxyl groups is 2. The van der Waals surface area contributed by atoms with Crippen LogP contribution in [0.25, 0.3) is 0 Å². The van der Waals surface area contributed by atoms with Crippen LogP contribution >= 0.6 is 0 Å². The van der Waals surface area contributed by atoms with Crippen LogP contribution in [0.4, 0.5) is 0 Å². The average Bonchev–Trinajstić information content (AvgIpc) is 2.68. The van der Waals surface area contributed by atoms with E-state index in [9.17, 15) is 19.8 Å². The van der Waals surface area contributed by atoms with Crippen LogP contribution < -0.4 is 5.43 Å². The molecule has 6 nitrogen and oxygen atoms in total. The van der Waals surface area contributed by atoms with Gasteiger partial charge in [-0.3, -0.25) is 4.79 Å². The molecule has 6 heteroatoms. The Balaban J connectivity index is 1.37. The van der Waals surface area contributed by atoms with Crippen LogP contribution in [0.3, 0.4) is 0 Å². The van der Waals surface area contributed by atoms with Crippen LogP contribution in [0.15, 0.2) is 39.7 Å². The minimum absolute atomic E-state index is 0.0289. The highest BCUT2D eigenvalue weighted by molar-refractivity contribution is 5.90. The van der Waals surface area contributed by atoms with Crippen molar-refractivity contribution >= 4 is 5.97 Å². The summed E-state index contributed by atoms with van der Waals surface area (Å²) in [7, 11) is 0. The van der Waals surface area contributed by atoms with E-state index in [0.717, 1.165) is 54.9 Å². The lowest BCUT2D eigenvalue weighted by molar-refractivity contribution is -0.00618. The maximum absolute atomic E-state index is 12.6. The number of hydrogen-bond acceptors (Lipinski definition) is 6. The standard InChI is InChI=1S/C23H24O6/c24-19-2-1-16(22(27)29-11-17-7-20(25)21(26)12-28-17)6-18(19)23-8-13-3-14(9-23)5-15(4-13)10-23/h1-2,6-7,12-15,24,26H,3-5,8-11H2. The van der Waals surface area contributed by atoms with Crippen LogP contribution in [0, 0.1) is 17.8 Å². The molecule has 4 saturated carbocycles. The van der Waals surface area contributed by atoms with Gasteiger partial charge in [0, 0.05) is 11.6 Å². The van der Waals surface area contributed by atoms with Crippen molar-refractivity contribution in [2.75, 3.05) is 0 Å². The van der Waals surface area contributed by atoms with Crippen LogP contribution in [0.5, 0.6) is 11.5 Å². The van der Waals surface area contributed by atoms with E-state index < -0.39 is 17.1 Å². The zero-order valence-electron chi connectivity index (χ0n) is 16.1. The number of hydrogen-bond donors (Lipinski definition) is 2. The van der Waals surface area contributed by atoms with Crippen molar-refractivity contribution in [1.29, 1.82) is 0 Å². The zero-order valence-corrected chi connectivity index (χ0v) is 16.1. The number of esters is 1. The van der Waals surface area contributed by atoms with Gasteiger partial charge in [-0.2, -0.15) is 0 Å². The van der Waals surface area contributed by atoms with Crippen molar-refractivity contribution in [1.82, 2.24) is 0 Å². The molecular weight excluding hydrogens is 372 g/mol. The molecule has 6 rings (SSSR count). The van der Waals surface area contributed by atoms with Gasteiger partial charge in [0.25, 0.3) is 0 Å². The number of carbonyl (C=O) groups is 1. The van der Waals surface area contributed by atoms with Gasteiger partial charge in [0.2, 0.25) is 5.43 Å². The molecule has 2 N–H and O–H groups in total. The molecule has 29 heavy (non-hydrogen) atoms. The fourth-order valence-electron chi connectivity index (χ4n) is 6.27. The summed E-state index contributed by atoms with van der Waals surface area (Å²) in [5.74, 6) is 1.58. The molecule has 1 aromatic heterocycles. The zero-order chi connectivity index (χ0) is 20.2. The summed E-state index contributed by atoms with van der Waals surface area (Å²) in [6, 6.07) is 6.04. The van der Waals surface area contributed by atoms with Gasteiger partial charge < -0.3 is 19.4 Å². The Morgan fingerprint density at radius 1 is 1.03 bits per heavy atom. The van der Waals surface area contributed by atoms with Crippen LogP contribution in [0.2, 0.25) is 0 Å². The van der Waals surface area contributed by atoms with E-state index >= 15 is 0 Å². The number of rotatable bonds is 4. The summed E-state index contributed by atoms with van der Waals surface area (Å²) in [5.41, 5.74) is 0.645. The smallest absolute Gasteiger partial charge is 0.338 e. The van der Waals surface area contributed by atoms with Crippen molar-refractivity contribution in [2.45, 2.75) is 50.5 Å². The van der Waals surface area contributed by atoms with E-state index in [1.165, 1.54) is 19.3 Å². The highest BCUT2D eigenvalue weighted by atomic mass is 16.5. The van der Waals surface area contributed by atoms with E-state index in [2.05, 4.69) is 0 Å². The largest absolute Gasteiger partial charge is 0.508 e. The normalized spacial score (nSPS) is 29.7. The Morgan fingerprint density at radius 3 is 2.31 bits per heavy atom. The molecule has 0 atom stereocenters. The molecule has 1 aromatic carbocycles. The second kappa shape index (κ2) is 6.65. The molecule has 0 unspecified atom stereocenters. The molecule has 4 bridgehead atoms. The Kier molecular flexibility index (Phi) is 4.19. The Hall–Kier alpha value is -2.76. The highest BCUT2D eigenvalue weighted by Crippen LogP contribution is 2.61. The van der Waals surface area contributed by atoms with Crippen molar-refractivity contribution in [2.24, 2.45) is 17.8 Å². The monoisotopic (exact) mass is 396 g/mol. The predicted molar refractivity (Wildman–Crippen MR) is 104 cm³/mol. The molecular formula is C23H24O6. The van der Waals surface area contributed by atoms with E-state index in [1.54, 1.807) is 18.2 Å². The summed E-state index contributed by atoms with van der Waals surface area (Å²) in [4.78, 5) is 24.1. The van der Waals surface area contributed by atoms with Crippen molar-refractivity contribution in [3.63, 3.8) is 0 Å². The summed E-state index contributed by atoms with van der Waals surface area (Å²) < 4.78 is 10.4. The first kappa shape index (κ1) is 18.3. The molecule has 0 saturated heterocycles. The lowest BCUT2D eigenvalue weighted by Crippen LogP contribution is -2.48. The second-order valence-electron chi connectivity index (χ2n) is 9.10. The maximum Gasteiger partial charge on any atom is 0.338 e. The number of carbonyl (C=O) groups excluding carboxylic acids is 1. The molecule has 152 valence electrons. The van der Waals surface area contributed by atoms with E-state index in [4.69, 9.17) is 9.15 Å². The van der Waals surface area contributed by atoms with Gasteiger partial charge in [0.15, 0.2) is 5.75 Å². The second-order valence-corrected chi connectivity index (χ2v) is 9.10. The topological polar surface area (TPSA) is 97.0 Å². The van der Waals surface area contributed by atoms with Gasteiger partial charge in [-0.1, -0.05) is 0 Å². The van der Waals surface area contributed by atoms with E-state index in [0.29, 0.717) is 5.56 Å². The van der Waals surface area contributed by atoms with Gasteiger partial charge in [0.1, 0.15) is 24.4 Å². The summed E-state index contributed by atoms with van der Waals surface area (Å²) in [6.07, 6.45) is 8.10. The SMILES string of the molecule is O=C(OCc1cc(=O)c(O)co1)c1ccc(O)c(C23CC4CC(CC(C4)C2)C3)c1. The fraction of sp³-hybridized carbons (Fsp3) is 0.478. The van der Waals surface area contributed by atoms with Crippen molar-refractivity contribution in [3.05, 3.63) is 57.6 Å². The van der Waals surface area contributed by atoms with Crippen LogP contribution in [-0.2, 0) is 16.8 Å². The van der Waals surface area contributed by atoms with Crippen LogP contribution in [0.1, 0.15) is 60.2 Å². The lowest BCUT2D eigenvalue weighted by atomic mass is 9.48. The molecule has 1 heterocycles. The number of benzene rings is 1. The molecule has 4 aliphatic carbocycles. The molecule has 0 amide bonds. The number of phenols is 1. The highest BCUT2D eigenvalue weighted by Gasteiger charge is 2.52. The third-order valence-corrected chi connectivity index (χ3v) is 7.05. The first-order valence-corrected chi connectivity index (χ1v) is 10.2. The first-order chi connectivity index (χ1) is 13.9. The quantitative estimate of drug-likeness (QED) is 0.762. The maximum atomic E-state index is 12.6. The summed E-state index contributed by atoms with van der Waals surface area (Å²) in [5, 5.41) is 19.9. The Bertz CT molecular complexity index is 985. The number of phenolic OH excluding ortho intramolecular Hbond substituents is 1. The average molecular weight is 396 g/mol. The fourth-order valence-corrected chi connectivity index (χ4v) is 6.27. The summed E-state index contributed by atoms with van der Waals surface area (Å²) >= 11 is 0. The van der Waals surface area contributed by atoms with Gasteiger partial charge in [-0.15, -0.1) is 0 Å². The van der Waals surface area contributed by atoms with Gasteiger partial charge in [0.05, 0.1) is 5.56 Å². The van der Waals surface area contributed by atoms with Gasteiger partial charge in [-0.05, 0) is 79.9 Å². The molecule has 0 spiro atoms. The summed E-state index contributed by atoms with van der Waals surface area (Å²) in [6.45, 7) is -0.206. The lowest BCUT2D eigenvalue weighted by Gasteiger charge is -2.57. The third kappa shape index (κ3) is 3.20. The van der Waals surface area contributed by atoms with Gasteiger partial charge >= 0.3 is 5.97 Å². The molecule has 4 aliphatic rings. The Labute approximate surface area is 168 Å².